The van der Waals surface area contributed by atoms with Crippen molar-refractivity contribution in [3.8, 4) is 24.7 Å². The molecule has 0 saturated heterocycles. The molecular weight excluding hydrogens is 212 g/mol. The van der Waals surface area contributed by atoms with Gasteiger partial charge in [-0.2, -0.15) is 0 Å². The molecule has 0 saturated carbocycles. The average Bonchev–Trinajstić information content (AvgIpc) is 2.34. The van der Waals surface area contributed by atoms with Crippen molar-refractivity contribution in [3.05, 3.63) is 34.9 Å². The van der Waals surface area contributed by atoms with Gasteiger partial charge in [0.25, 0.3) is 0 Å². The topological polar surface area (TPSA) is 26.3 Å². The fraction of sp³-hybridized carbons (Fsp3) is 0.267. The Balaban J connectivity index is 2.99. The van der Waals surface area contributed by atoms with Crippen molar-refractivity contribution in [2.75, 3.05) is 6.61 Å². The molecule has 17 heavy (non-hydrogen) atoms. The van der Waals surface area contributed by atoms with Gasteiger partial charge in [0.2, 0.25) is 0 Å². The molecule has 1 aromatic rings. The molecule has 0 N–H and O–H groups in total. The summed E-state index contributed by atoms with van der Waals surface area (Å²) < 4.78 is 5.13. The van der Waals surface area contributed by atoms with Gasteiger partial charge in [-0.05, 0) is 24.1 Å². The molecule has 0 bridgehead atoms. The minimum Gasteiger partial charge on any atom is -0.462 e. The SMILES string of the molecule is C#Cc1ccc(C#C)c(C(=O)OCC(C)C)c1. The number of esters is 1. The van der Waals surface area contributed by atoms with Gasteiger partial charge in [-0.3, -0.25) is 0 Å². The first-order valence-corrected chi connectivity index (χ1v) is 5.33. The van der Waals surface area contributed by atoms with E-state index in [0.717, 1.165) is 0 Å². The first-order valence-electron chi connectivity index (χ1n) is 5.33. The monoisotopic (exact) mass is 226 g/mol. The minimum absolute atomic E-state index is 0.282. The zero-order valence-electron chi connectivity index (χ0n) is 9.99. The van der Waals surface area contributed by atoms with Crippen molar-refractivity contribution in [1.29, 1.82) is 0 Å². The molecule has 0 radical (unpaired) electrons. The standard InChI is InChI=1S/C15H14O2/c1-5-12-7-8-13(6-2)14(9-12)15(16)17-10-11(3)4/h1-2,7-9,11H,10H2,3-4H3. The number of ether oxygens (including phenoxy) is 1. The minimum atomic E-state index is -0.427. The molecule has 1 aromatic carbocycles. The van der Waals surface area contributed by atoms with Gasteiger partial charge in [0, 0.05) is 11.1 Å². The second-order valence-electron chi connectivity index (χ2n) is 4.04. The van der Waals surface area contributed by atoms with Gasteiger partial charge in [-0.25, -0.2) is 4.79 Å². The van der Waals surface area contributed by atoms with E-state index in [2.05, 4.69) is 11.8 Å². The lowest BCUT2D eigenvalue weighted by molar-refractivity contribution is 0.0458. The Bertz CT molecular complexity index is 499. The molecule has 2 heteroatoms. The highest BCUT2D eigenvalue weighted by atomic mass is 16.5. The number of hydrogen-bond donors (Lipinski definition) is 0. The van der Waals surface area contributed by atoms with E-state index >= 15 is 0 Å². The molecule has 86 valence electrons. The van der Waals surface area contributed by atoms with Crippen LogP contribution >= 0.6 is 0 Å². The number of benzene rings is 1. The maximum atomic E-state index is 11.8. The van der Waals surface area contributed by atoms with Crippen LogP contribution in [0.25, 0.3) is 0 Å². The second kappa shape index (κ2) is 5.77. The van der Waals surface area contributed by atoms with Crippen molar-refractivity contribution in [2.45, 2.75) is 13.8 Å². The summed E-state index contributed by atoms with van der Waals surface area (Å²) >= 11 is 0. The fourth-order valence-electron chi connectivity index (χ4n) is 1.25. The van der Waals surface area contributed by atoms with Gasteiger partial charge in [0.15, 0.2) is 0 Å². The third-order valence-corrected chi connectivity index (χ3v) is 2.11. The molecule has 1 rings (SSSR count). The van der Waals surface area contributed by atoms with Crippen LogP contribution < -0.4 is 0 Å². The van der Waals surface area contributed by atoms with Crippen LogP contribution in [0, 0.1) is 30.6 Å². The Morgan fingerprint density at radius 1 is 1.35 bits per heavy atom. The summed E-state index contributed by atoms with van der Waals surface area (Å²) in [5, 5.41) is 0. The van der Waals surface area contributed by atoms with E-state index < -0.39 is 5.97 Å². The summed E-state index contributed by atoms with van der Waals surface area (Å²) in [6.07, 6.45) is 10.6. The number of carbonyl (C=O) groups excluding carboxylic acids is 1. The third kappa shape index (κ3) is 3.40. The van der Waals surface area contributed by atoms with Crippen LogP contribution in [0.15, 0.2) is 18.2 Å². The Hall–Kier alpha value is -2.19. The predicted molar refractivity (Wildman–Crippen MR) is 67.4 cm³/mol. The van der Waals surface area contributed by atoms with Gasteiger partial charge >= 0.3 is 5.97 Å². The highest BCUT2D eigenvalue weighted by Crippen LogP contribution is 2.13. The zero-order chi connectivity index (χ0) is 12.8. The van der Waals surface area contributed by atoms with E-state index in [-0.39, 0.29) is 5.92 Å². The van der Waals surface area contributed by atoms with E-state index in [4.69, 9.17) is 17.6 Å². The number of hydrogen-bond acceptors (Lipinski definition) is 2. The molecule has 0 unspecified atom stereocenters. The summed E-state index contributed by atoms with van der Waals surface area (Å²) in [6.45, 7) is 4.30. The largest absolute Gasteiger partial charge is 0.462 e. The summed E-state index contributed by atoms with van der Waals surface area (Å²) in [7, 11) is 0. The molecule has 0 atom stereocenters. The molecule has 0 aliphatic heterocycles. The highest BCUT2D eigenvalue weighted by Gasteiger charge is 2.12. The van der Waals surface area contributed by atoms with Gasteiger partial charge in [0.05, 0.1) is 12.2 Å². The molecule has 0 aliphatic rings. The summed E-state index contributed by atoms with van der Waals surface area (Å²) in [4.78, 5) is 11.8. The predicted octanol–water partition coefficient (Wildman–Crippen LogP) is 2.46. The average molecular weight is 226 g/mol. The fourth-order valence-corrected chi connectivity index (χ4v) is 1.25. The first-order chi connectivity index (χ1) is 8.08. The number of terminal acetylenes is 2. The lowest BCUT2D eigenvalue weighted by atomic mass is 10.0. The maximum Gasteiger partial charge on any atom is 0.339 e. The maximum absolute atomic E-state index is 11.8. The Kier molecular flexibility index (Phi) is 4.37. The van der Waals surface area contributed by atoms with Gasteiger partial charge in [-0.1, -0.05) is 25.7 Å². The second-order valence-corrected chi connectivity index (χ2v) is 4.04. The van der Waals surface area contributed by atoms with Crippen molar-refractivity contribution in [1.82, 2.24) is 0 Å². The Morgan fingerprint density at radius 3 is 2.59 bits per heavy atom. The number of rotatable bonds is 3. The Labute approximate surface area is 102 Å². The highest BCUT2D eigenvalue weighted by molar-refractivity contribution is 5.92. The van der Waals surface area contributed by atoms with E-state index in [1.54, 1.807) is 18.2 Å². The van der Waals surface area contributed by atoms with Crippen LogP contribution in [0.5, 0.6) is 0 Å². The number of carbonyl (C=O) groups is 1. The van der Waals surface area contributed by atoms with Crippen LogP contribution in [0.3, 0.4) is 0 Å². The van der Waals surface area contributed by atoms with Crippen molar-refractivity contribution < 1.29 is 9.53 Å². The van der Waals surface area contributed by atoms with Crippen molar-refractivity contribution >= 4 is 5.97 Å². The van der Waals surface area contributed by atoms with Crippen LogP contribution in [0.1, 0.15) is 35.3 Å². The van der Waals surface area contributed by atoms with Crippen LogP contribution in [0.4, 0.5) is 0 Å². The first kappa shape index (κ1) is 12.9. The molecule has 0 aromatic heterocycles. The zero-order valence-corrected chi connectivity index (χ0v) is 9.99. The van der Waals surface area contributed by atoms with Gasteiger partial charge in [0.1, 0.15) is 0 Å². The van der Waals surface area contributed by atoms with E-state index in [0.29, 0.717) is 23.3 Å². The molecule has 0 spiro atoms. The Morgan fingerprint density at radius 2 is 2.06 bits per heavy atom. The summed E-state index contributed by atoms with van der Waals surface area (Å²) in [5.41, 5.74) is 1.46. The molecule has 0 fully saturated rings. The molecule has 2 nitrogen and oxygen atoms in total. The van der Waals surface area contributed by atoms with Gasteiger partial charge < -0.3 is 4.74 Å². The smallest absolute Gasteiger partial charge is 0.339 e. The van der Waals surface area contributed by atoms with Crippen LogP contribution in [-0.4, -0.2) is 12.6 Å². The van der Waals surface area contributed by atoms with Gasteiger partial charge in [-0.15, -0.1) is 12.8 Å². The molecular formula is C15H14O2. The summed E-state index contributed by atoms with van der Waals surface area (Å²) in [5.74, 6) is 4.76. The van der Waals surface area contributed by atoms with Crippen LogP contribution in [-0.2, 0) is 4.74 Å². The quantitative estimate of drug-likeness (QED) is 0.584. The van der Waals surface area contributed by atoms with E-state index in [1.807, 2.05) is 13.8 Å². The van der Waals surface area contributed by atoms with E-state index in [9.17, 15) is 4.79 Å². The van der Waals surface area contributed by atoms with Crippen molar-refractivity contribution in [3.63, 3.8) is 0 Å². The molecule has 0 heterocycles. The lowest BCUT2D eigenvalue weighted by Gasteiger charge is -2.08. The van der Waals surface area contributed by atoms with Crippen molar-refractivity contribution in [2.24, 2.45) is 5.92 Å². The normalized spacial score (nSPS) is 9.47. The third-order valence-electron chi connectivity index (χ3n) is 2.11. The molecule has 0 amide bonds. The van der Waals surface area contributed by atoms with E-state index in [1.165, 1.54) is 0 Å². The summed E-state index contributed by atoms with van der Waals surface area (Å²) in [6, 6.07) is 4.94. The molecule has 0 aliphatic carbocycles. The van der Waals surface area contributed by atoms with Crippen LogP contribution in [0.2, 0.25) is 0 Å². The lowest BCUT2D eigenvalue weighted by Crippen LogP contribution is -2.11.